The van der Waals surface area contributed by atoms with E-state index in [4.69, 9.17) is 4.74 Å². The summed E-state index contributed by atoms with van der Waals surface area (Å²) in [5.41, 5.74) is 0.957. The number of hydrogen-bond donors (Lipinski definition) is 3. The number of amides is 2. The lowest BCUT2D eigenvalue weighted by Gasteiger charge is -2.22. The van der Waals surface area contributed by atoms with Gasteiger partial charge in [-0.05, 0) is 19.1 Å². The Morgan fingerprint density at radius 1 is 1.18 bits per heavy atom. The number of carbonyl (C=O) groups is 2. The molecule has 10 heteroatoms. The van der Waals surface area contributed by atoms with Crippen LogP contribution >= 0.6 is 0 Å². The van der Waals surface area contributed by atoms with Crippen LogP contribution in [0.5, 0.6) is 0 Å². The van der Waals surface area contributed by atoms with Crippen molar-refractivity contribution in [2.75, 3.05) is 46.9 Å². The van der Waals surface area contributed by atoms with E-state index in [9.17, 15) is 18.0 Å². The zero-order chi connectivity index (χ0) is 20.7. The highest BCUT2D eigenvalue weighted by molar-refractivity contribution is 7.89. The number of quaternary nitrogens is 1. The average molecular weight is 414 g/mol. The summed E-state index contributed by atoms with van der Waals surface area (Å²) in [6, 6.07) is 6.54. The number of nitrogens with one attached hydrogen (secondary N) is 3. The first-order valence-corrected chi connectivity index (χ1v) is 10.7. The van der Waals surface area contributed by atoms with Gasteiger partial charge in [0.15, 0.2) is 0 Å². The predicted molar refractivity (Wildman–Crippen MR) is 103 cm³/mol. The number of ether oxygens (including phenoxy) is 1. The van der Waals surface area contributed by atoms with Crippen LogP contribution in [0, 0.1) is 6.92 Å². The zero-order valence-corrected chi connectivity index (χ0v) is 17.3. The third-order valence-electron chi connectivity index (χ3n) is 4.35. The first kappa shape index (κ1) is 22.3. The summed E-state index contributed by atoms with van der Waals surface area (Å²) < 4.78 is 32.3. The second kappa shape index (κ2) is 9.97. The predicted octanol–water partition coefficient (Wildman–Crippen LogP) is -1.89. The maximum absolute atomic E-state index is 12.8. The molecule has 1 atom stereocenters. The Hall–Kier alpha value is -2.01. The van der Waals surface area contributed by atoms with Gasteiger partial charge < -0.3 is 20.3 Å². The van der Waals surface area contributed by atoms with Gasteiger partial charge in [-0.1, -0.05) is 17.7 Å². The van der Waals surface area contributed by atoms with Crippen LogP contribution < -0.4 is 15.5 Å². The van der Waals surface area contributed by atoms with Gasteiger partial charge in [0, 0.05) is 19.5 Å². The average Bonchev–Trinajstić information content (AvgIpc) is 3.12. The topological polar surface area (TPSA) is 109 Å². The third-order valence-corrected chi connectivity index (χ3v) is 6.26. The first-order valence-electron chi connectivity index (χ1n) is 9.27. The zero-order valence-electron chi connectivity index (χ0n) is 16.5. The molecule has 0 bridgehead atoms. The van der Waals surface area contributed by atoms with Crippen molar-refractivity contribution in [3.05, 3.63) is 29.8 Å². The molecule has 9 nitrogen and oxygen atoms in total. The van der Waals surface area contributed by atoms with E-state index in [0.29, 0.717) is 6.54 Å². The van der Waals surface area contributed by atoms with Crippen LogP contribution in [0.1, 0.15) is 12.0 Å². The van der Waals surface area contributed by atoms with Gasteiger partial charge in [-0.25, -0.2) is 8.42 Å². The van der Waals surface area contributed by atoms with E-state index in [1.54, 1.807) is 24.3 Å². The number of hydrogen-bond acceptors (Lipinski definition) is 5. The monoisotopic (exact) mass is 413 g/mol. The molecule has 2 amide bonds. The molecule has 0 radical (unpaired) electrons. The SMILES string of the molecule is Cc1ccc(S(=O)(=O)N2CCO[C@@H]2CNC(=O)C(=O)NCCC[NH+](C)C)cc1. The van der Waals surface area contributed by atoms with Crippen molar-refractivity contribution in [3.63, 3.8) is 0 Å². The summed E-state index contributed by atoms with van der Waals surface area (Å²) in [5, 5.41) is 5.00. The van der Waals surface area contributed by atoms with Gasteiger partial charge >= 0.3 is 11.8 Å². The van der Waals surface area contributed by atoms with Crippen molar-refractivity contribution in [1.82, 2.24) is 14.9 Å². The summed E-state index contributed by atoms with van der Waals surface area (Å²) >= 11 is 0. The number of aryl methyl sites for hydroxylation is 1. The number of nitrogens with zero attached hydrogens (tertiary/aromatic N) is 1. The maximum Gasteiger partial charge on any atom is 0.309 e. The molecular formula is C18H29N4O5S+. The van der Waals surface area contributed by atoms with Gasteiger partial charge in [-0.2, -0.15) is 4.31 Å². The van der Waals surface area contributed by atoms with Crippen LogP contribution in [-0.4, -0.2) is 77.6 Å². The summed E-state index contributed by atoms with van der Waals surface area (Å²) in [6.45, 7) is 3.48. The molecule has 0 saturated carbocycles. The molecule has 0 aliphatic carbocycles. The summed E-state index contributed by atoms with van der Waals surface area (Å²) in [5.74, 6) is -1.54. The lowest BCUT2D eigenvalue weighted by Crippen LogP contribution is -3.05. The van der Waals surface area contributed by atoms with E-state index >= 15 is 0 Å². The second-order valence-electron chi connectivity index (χ2n) is 7.03. The van der Waals surface area contributed by atoms with Crippen LogP contribution in [0.4, 0.5) is 0 Å². The Labute approximate surface area is 166 Å². The standard InChI is InChI=1S/C18H28N4O5S/c1-14-5-7-15(8-6-14)28(25,26)22-11-12-27-16(22)13-20-18(24)17(23)19-9-4-10-21(2)3/h5-8,16H,4,9-13H2,1-3H3,(H,19,23)(H,20,24)/p+1/t16-/m1/s1. The van der Waals surface area contributed by atoms with E-state index < -0.39 is 28.1 Å². The maximum atomic E-state index is 12.8. The Morgan fingerprint density at radius 2 is 1.82 bits per heavy atom. The normalized spacial score (nSPS) is 17.6. The van der Waals surface area contributed by atoms with Crippen LogP contribution in [0.2, 0.25) is 0 Å². The van der Waals surface area contributed by atoms with Gasteiger partial charge in [0.1, 0.15) is 6.23 Å². The minimum atomic E-state index is -3.74. The lowest BCUT2D eigenvalue weighted by molar-refractivity contribution is -0.858. The molecular weight excluding hydrogens is 384 g/mol. The Balaban J connectivity index is 1.88. The minimum absolute atomic E-state index is 0.0980. The summed E-state index contributed by atoms with van der Waals surface area (Å²) in [6.07, 6.45) is -0.0873. The molecule has 0 aromatic heterocycles. The molecule has 1 aliphatic heterocycles. The molecule has 28 heavy (non-hydrogen) atoms. The molecule has 1 aromatic rings. The fraction of sp³-hybridized carbons (Fsp3) is 0.556. The molecule has 3 N–H and O–H groups in total. The van der Waals surface area contributed by atoms with Crippen molar-refractivity contribution in [3.8, 4) is 0 Å². The molecule has 1 aromatic carbocycles. The van der Waals surface area contributed by atoms with Crippen LogP contribution in [0.25, 0.3) is 0 Å². The molecule has 1 fully saturated rings. The number of benzene rings is 1. The largest absolute Gasteiger partial charge is 0.359 e. The van der Waals surface area contributed by atoms with Crippen molar-refractivity contribution in [2.45, 2.75) is 24.5 Å². The Kier molecular flexibility index (Phi) is 7.93. The Morgan fingerprint density at radius 3 is 2.46 bits per heavy atom. The van der Waals surface area contributed by atoms with Crippen molar-refractivity contribution >= 4 is 21.8 Å². The highest BCUT2D eigenvalue weighted by atomic mass is 32.2. The van der Waals surface area contributed by atoms with Crippen LogP contribution in [-0.2, 0) is 24.3 Å². The quantitative estimate of drug-likeness (QED) is 0.341. The molecule has 2 rings (SSSR count). The number of rotatable bonds is 8. The number of carbonyl (C=O) groups excluding carboxylic acids is 2. The highest BCUT2D eigenvalue weighted by Gasteiger charge is 2.36. The van der Waals surface area contributed by atoms with Gasteiger partial charge in [-0.15, -0.1) is 0 Å². The minimum Gasteiger partial charge on any atom is -0.359 e. The lowest BCUT2D eigenvalue weighted by atomic mass is 10.2. The van der Waals surface area contributed by atoms with Gasteiger partial charge in [0.2, 0.25) is 10.0 Å². The fourth-order valence-electron chi connectivity index (χ4n) is 2.77. The van der Waals surface area contributed by atoms with Crippen LogP contribution in [0.15, 0.2) is 29.2 Å². The molecule has 0 unspecified atom stereocenters. The number of sulfonamides is 1. The summed E-state index contributed by atoms with van der Waals surface area (Å²) in [7, 11) is 0.269. The third kappa shape index (κ3) is 5.99. The van der Waals surface area contributed by atoms with E-state index in [2.05, 4.69) is 10.6 Å². The Bertz CT molecular complexity index is 780. The van der Waals surface area contributed by atoms with Gasteiger partial charge in [-0.3, -0.25) is 9.59 Å². The first-order chi connectivity index (χ1) is 13.2. The second-order valence-corrected chi connectivity index (χ2v) is 8.92. The van der Waals surface area contributed by atoms with Gasteiger partial charge in [0.05, 0.1) is 38.7 Å². The van der Waals surface area contributed by atoms with E-state index in [1.807, 2.05) is 21.0 Å². The van der Waals surface area contributed by atoms with Crippen molar-refractivity contribution < 1.29 is 27.6 Å². The van der Waals surface area contributed by atoms with Crippen molar-refractivity contribution in [2.24, 2.45) is 0 Å². The molecule has 156 valence electrons. The van der Waals surface area contributed by atoms with E-state index in [0.717, 1.165) is 18.5 Å². The highest BCUT2D eigenvalue weighted by Crippen LogP contribution is 2.22. The summed E-state index contributed by atoms with van der Waals surface area (Å²) in [4.78, 5) is 25.2. The molecule has 1 saturated heterocycles. The smallest absolute Gasteiger partial charge is 0.309 e. The van der Waals surface area contributed by atoms with Crippen molar-refractivity contribution in [1.29, 1.82) is 0 Å². The van der Waals surface area contributed by atoms with E-state index in [-0.39, 0.29) is 24.6 Å². The molecule has 1 aliphatic rings. The molecule has 0 spiro atoms. The van der Waals surface area contributed by atoms with E-state index in [1.165, 1.54) is 9.21 Å². The van der Waals surface area contributed by atoms with Gasteiger partial charge in [0.25, 0.3) is 0 Å². The van der Waals surface area contributed by atoms with Crippen LogP contribution in [0.3, 0.4) is 0 Å². The fourth-order valence-corrected chi connectivity index (χ4v) is 4.28. The molecule has 1 heterocycles.